The maximum Gasteiger partial charge on any atom is 0.220 e. The Morgan fingerprint density at radius 3 is 2.63 bits per heavy atom. The number of hydrogen-bond acceptors (Lipinski definition) is 3. The minimum atomic E-state index is -0.230. The van der Waals surface area contributed by atoms with Gasteiger partial charge in [-0.2, -0.15) is 0 Å². The molecule has 1 fully saturated rings. The summed E-state index contributed by atoms with van der Waals surface area (Å²) >= 11 is 1.57. The SMILES string of the molecule is Cl.O=C(CCSc1ccc(F)cc1)NCC1CNC1. The van der Waals surface area contributed by atoms with Crippen LogP contribution in [0.25, 0.3) is 0 Å². The number of benzene rings is 1. The molecule has 0 spiro atoms. The maximum atomic E-state index is 12.7. The standard InChI is InChI=1S/C13H17FN2OS.ClH/c14-11-1-3-12(4-2-11)18-6-5-13(17)16-9-10-7-15-8-10;/h1-4,10,15H,5-9H2,(H,16,17);1H. The third kappa shape index (κ3) is 5.80. The van der Waals surface area contributed by atoms with E-state index in [4.69, 9.17) is 0 Å². The van der Waals surface area contributed by atoms with Crippen LogP contribution in [0.1, 0.15) is 6.42 Å². The highest BCUT2D eigenvalue weighted by Gasteiger charge is 2.16. The van der Waals surface area contributed by atoms with Gasteiger partial charge in [0.05, 0.1) is 0 Å². The topological polar surface area (TPSA) is 41.1 Å². The molecule has 1 aliphatic rings. The number of thioether (sulfide) groups is 1. The van der Waals surface area contributed by atoms with Gasteiger partial charge in [-0.3, -0.25) is 4.79 Å². The van der Waals surface area contributed by atoms with Crippen LogP contribution in [-0.4, -0.2) is 31.3 Å². The Hall–Kier alpha value is -0.780. The highest BCUT2D eigenvalue weighted by atomic mass is 35.5. The second-order valence-electron chi connectivity index (χ2n) is 4.38. The van der Waals surface area contributed by atoms with Crippen LogP contribution >= 0.6 is 24.2 Å². The van der Waals surface area contributed by atoms with Crippen LogP contribution < -0.4 is 10.6 Å². The van der Waals surface area contributed by atoms with E-state index < -0.39 is 0 Å². The molecule has 2 rings (SSSR count). The zero-order valence-electron chi connectivity index (χ0n) is 10.5. The van der Waals surface area contributed by atoms with Gasteiger partial charge in [-0.1, -0.05) is 0 Å². The van der Waals surface area contributed by atoms with E-state index in [9.17, 15) is 9.18 Å². The van der Waals surface area contributed by atoms with Crippen molar-refractivity contribution in [2.75, 3.05) is 25.4 Å². The Kier molecular flexibility index (Phi) is 7.20. The van der Waals surface area contributed by atoms with E-state index in [-0.39, 0.29) is 24.1 Å². The molecule has 1 aromatic rings. The summed E-state index contributed by atoms with van der Waals surface area (Å²) in [6, 6.07) is 6.34. The number of amides is 1. The number of hydrogen-bond donors (Lipinski definition) is 2. The first kappa shape index (κ1) is 16.3. The average molecular weight is 305 g/mol. The second-order valence-corrected chi connectivity index (χ2v) is 5.55. The van der Waals surface area contributed by atoms with E-state index in [2.05, 4.69) is 10.6 Å². The molecule has 0 atom stereocenters. The van der Waals surface area contributed by atoms with Crippen LogP contribution in [0.5, 0.6) is 0 Å². The summed E-state index contributed by atoms with van der Waals surface area (Å²) in [6.07, 6.45) is 0.502. The summed E-state index contributed by atoms with van der Waals surface area (Å²) in [7, 11) is 0. The van der Waals surface area contributed by atoms with Gasteiger partial charge < -0.3 is 10.6 Å². The summed E-state index contributed by atoms with van der Waals surface area (Å²) in [6.45, 7) is 2.78. The molecule has 0 saturated carbocycles. The molecule has 1 aliphatic heterocycles. The summed E-state index contributed by atoms with van der Waals surface area (Å²) in [5.41, 5.74) is 0. The molecule has 1 saturated heterocycles. The van der Waals surface area contributed by atoms with Crippen molar-refractivity contribution in [3.05, 3.63) is 30.1 Å². The molecule has 0 radical (unpaired) electrons. The van der Waals surface area contributed by atoms with E-state index in [1.54, 1.807) is 23.9 Å². The van der Waals surface area contributed by atoms with Crippen molar-refractivity contribution in [2.24, 2.45) is 5.92 Å². The van der Waals surface area contributed by atoms with Gasteiger partial charge in [-0.15, -0.1) is 24.2 Å². The summed E-state index contributed by atoms with van der Waals surface area (Å²) in [5, 5.41) is 6.10. The molecule has 106 valence electrons. The fourth-order valence-corrected chi connectivity index (χ4v) is 2.48. The zero-order chi connectivity index (χ0) is 12.8. The molecule has 0 aliphatic carbocycles. The van der Waals surface area contributed by atoms with Crippen molar-refractivity contribution >= 4 is 30.1 Å². The number of halogens is 2. The predicted octanol–water partition coefficient (Wildman–Crippen LogP) is 2.07. The smallest absolute Gasteiger partial charge is 0.220 e. The zero-order valence-corrected chi connectivity index (χ0v) is 12.2. The predicted molar refractivity (Wildman–Crippen MR) is 78.4 cm³/mol. The third-order valence-electron chi connectivity index (χ3n) is 2.87. The average Bonchev–Trinajstić information content (AvgIpc) is 2.30. The normalized spacial score (nSPS) is 14.4. The lowest BCUT2D eigenvalue weighted by Gasteiger charge is -2.27. The Morgan fingerprint density at radius 1 is 1.37 bits per heavy atom. The summed E-state index contributed by atoms with van der Waals surface area (Å²) in [5.74, 6) is 1.18. The number of nitrogens with one attached hydrogen (secondary N) is 2. The fraction of sp³-hybridized carbons (Fsp3) is 0.462. The first-order chi connectivity index (χ1) is 8.74. The maximum absolute atomic E-state index is 12.7. The van der Waals surface area contributed by atoms with Crippen molar-refractivity contribution in [1.29, 1.82) is 0 Å². The minimum Gasteiger partial charge on any atom is -0.356 e. The molecule has 6 heteroatoms. The van der Waals surface area contributed by atoms with Gasteiger partial charge in [0.25, 0.3) is 0 Å². The number of carbonyl (C=O) groups excluding carboxylic acids is 1. The third-order valence-corrected chi connectivity index (χ3v) is 3.88. The Balaban J connectivity index is 0.00000180. The Morgan fingerprint density at radius 2 is 2.05 bits per heavy atom. The molecule has 0 unspecified atom stereocenters. The lowest BCUT2D eigenvalue weighted by atomic mass is 10.0. The van der Waals surface area contributed by atoms with Crippen LogP contribution in [0.4, 0.5) is 4.39 Å². The number of carbonyl (C=O) groups is 1. The van der Waals surface area contributed by atoms with E-state index >= 15 is 0 Å². The highest BCUT2D eigenvalue weighted by molar-refractivity contribution is 7.99. The fourth-order valence-electron chi connectivity index (χ4n) is 1.63. The van der Waals surface area contributed by atoms with Gasteiger partial charge in [-0.25, -0.2) is 4.39 Å². The lowest BCUT2D eigenvalue weighted by Crippen LogP contribution is -2.48. The largest absolute Gasteiger partial charge is 0.356 e. The summed E-state index contributed by atoms with van der Waals surface area (Å²) < 4.78 is 12.7. The van der Waals surface area contributed by atoms with Gasteiger partial charge in [0.1, 0.15) is 5.82 Å². The molecule has 1 amide bonds. The number of rotatable bonds is 6. The van der Waals surface area contributed by atoms with E-state index in [1.807, 2.05) is 0 Å². The van der Waals surface area contributed by atoms with Crippen LogP contribution in [0.2, 0.25) is 0 Å². The Bertz CT molecular complexity index is 398. The van der Waals surface area contributed by atoms with E-state index in [0.717, 1.165) is 30.3 Å². The molecule has 0 bridgehead atoms. The van der Waals surface area contributed by atoms with E-state index in [0.29, 0.717) is 12.3 Å². The van der Waals surface area contributed by atoms with Gasteiger partial charge in [0.15, 0.2) is 0 Å². The second kappa shape index (κ2) is 8.40. The van der Waals surface area contributed by atoms with Gasteiger partial charge in [0, 0.05) is 42.6 Å². The molecule has 1 aromatic carbocycles. The molecular weight excluding hydrogens is 287 g/mol. The van der Waals surface area contributed by atoms with E-state index in [1.165, 1.54) is 12.1 Å². The van der Waals surface area contributed by atoms with Crippen molar-refractivity contribution in [3.63, 3.8) is 0 Å². The van der Waals surface area contributed by atoms with Gasteiger partial charge in [-0.05, 0) is 24.3 Å². The first-order valence-corrected chi connectivity index (χ1v) is 7.08. The van der Waals surface area contributed by atoms with Crippen molar-refractivity contribution in [2.45, 2.75) is 11.3 Å². The van der Waals surface area contributed by atoms with Crippen LogP contribution in [0.3, 0.4) is 0 Å². The van der Waals surface area contributed by atoms with Crippen LogP contribution in [-0.2, 0) is 4.79 Å². The summed E-state index contributed by atoms with van der Waals surface area (Å²) in [4.78, 5) is 12.5. The molecule has 2 N–H and O–H groups in total. The monoisotopic (exact) mass is 304 g/mol. The van der Waals surface area contributed by atoms with Crippen molar-refractivity contribution in [3.8, 4) is 0 Å². The van der Waals surface area contributed by atoms with Crippen molar-refractivity contribution in [1.82, 2.24) is 10.6 Å². The van der Waals surface area contributed by atoms with Crippen LogP contribution in [0, 0.1) is 11.7 Å². The van der Waals surface area contributed by atoms with Crippen LogP contribution in [0.15, 0.2) is 29.2 Å². The first-order valence-electron chi connectivity index (χ1n) is 6.10. The Labute approximate surface area is 123 Å². The quantitative estimate of drug-likeness (QED) is 0.791. The molecule has 19 heavy (non-hydrogen) atoms. The highest BCUT2D eigenvalue weighted by Crippen LogP contribution is 2.18. The van der Waals surface area contributed by atoms with Gasteiger partial charge in [0.2, 0.25) is 5.91 Å². The molecule has 1 heterocycles. The van der Waals surface area contributed by atoms with Crippen molar-refractivity contribution < 1.29 is 9.18 Å². The van der Waals surface area contributed by atoms with Gasteiger partial charge >= 0.3 is 0 Å². The lowest BCUT2D eigenvalue weighted by molar-refractivity contribution is -0.120. The molecule has 0 aromatic heterocycles. The molecule has 3 nitrogen and oxygen atoms in total. The minimum absolute atomic E-state index is 0. The molecular formula is C13H18ClFN2OS.